The lowest BCUT2D eigenvalue weighted by atomic mass is 10.1. The van der Waals surface area contributed by atoms with Crippen LogP contribution in [0.5, 0.6) is 0 Å². The minimum Gasteiger partial charge on any atom is -0.374 e. The van der Waals surface area contributed by atoms with E-state index in [4.69, 9.17) is 14.7 Å². The molecule has 1 aliphatic heterocycles. The van der Waals surface area contributed by atoms with Crippen LogP contribution in [0.25, 0.3) is 0 Å². The summed E-state index contributed by atoms with van der Waals surface area (Å²) in [6.07, 6.45) is 1.91. The minimum atomic E-state index is 0.241. The van der Waals surface area contributed by atoms with Gasteiger partial charge < -0.3 is 15.4 Å². The molecule has 1 atom stereocenters. The third-order valence-electron chi connectivity index (χ3n) is 3.99. The van der Waals surface area contributed by atoms with Crippen molar-refractivity contribution in [2.75, 3.05) is 25.0 Å². The SMILES string of the molecule is CCOCc1nc2c(c(NC(C)c3cccs3)n1)CCNCC2. The van der Waals surface area contributed by atoms with Gasteiger partial charge in [0.15, 0.2) is 5.82 Å². The van der Waals surface area contributed by atoms with Crippen molar-refractivity contribution in [1.29, 1.82) is 0 Å². The highest BCUT2D eigenvalue weighted by Crippen LogP contribution is 2.26. The molecule has 23 heavy (non-hydrogen) atoms. The molecule has 0 amide bonds. The Labute approximate surface area is 141 Å². The van der Waals surface area contributed by atoms with E-state index in [1.807, 2.05) is 6.92 Å². The first kappa shape index (κ1) is 16.4. The number of thiophene rings is 1. The highest BCUT2D eigenvalue weighted by molar-refractivity contribution is 7.10. The average Bonchev–Trinajstić information content (AvgIpc) is 2.99. The second kappa shape index (κ2) is 7.86. The van der Waals surface area contributed by atoms with Gasteiger partial charge in [0.05, 0.1) is 11.7 Å². The molecule has 3 heterocycles. The Balaban J connectivity index is 1.89. The number of hydrogen-bond acceptors (Lipinski definition) is 6. The molecule has 1 aliphatic rings. The number of aromatic nitrogens is 2. The number of rotatable bonds is 6. The normalized spacial score (nSPS) is 15.7. The molecule has 2 N–H and O–H groups in total. The summed E-state index contributed by atoms with van der Waals surface area (Å²) in [7, 11) is 0. The van der Waals surface area contributed by atoms with Crippen molar-refractivity contribution in [2.45, 2.75) is 39.3 Å². The maximum atomic E-state index is 5.51. The van der Waals surface area contributed by atoms with E-state index in [1.165, 1.54) is 10.4 Å². The fourth-order valence-electron chi connectivity index (χ4n) is 2.79. The van der Waals surface area contributed by atoms with Crippen LogP contribution in [0.4, 0.5) is 5.82 Å². The maximum absolute atomic E-state index is 5.51. The van der Waals surface area contributed by atoms with Crippen LogP contribution in [0.2, 0.25) is 0 Å². The van der Waals surface area contributed by atoms with Crippen molar-refractivity contribution >= 4 is 17.2 Å². The van der Waals surface area contributed by atoms with E-state index in [9.17, 15) is 0 Å². The highest BCUT2D eigenvalue weighted by atomic mass is 32.1. The monoisotopic (exact) mass is 332 g/mol. The smallest absolute Gasteiger partial charge is 0.156 e. The van der Waals surface area contributed by atoms with Crippen LogP contribution < -0.4 is 10.6 Å². The van der Waals surface area contributed by atoms with E-state index < -0.39 is 0 Å². The minimum absolute atomic E-state index is 0.241. The van der Waals surface area contributed by atoms with Gasteiger partial charge in [0.1, 0.15) is 12.4 Å². The summed E-state index contributed by atoms with van der Waals surface area (Å²) in [5.74, 6) is 1.74. The van der Waals surface area contributed by atoms with Crippen LogP contribution >= 0.6 is 11.3 Å². The van der Waals surface area contributed by atoms with Crippen LogP contribution in [0.15, 0.2) is 17.5 Å². The van der Waals surface area contributed by atoms with E-state index in [0.29, 0.717) is 13.2 Å². The van der Waals surface area contributed by atoms with Crippen LogP contribution in [0.1, 0.15) is 41.8 Å². The Kier molecular flexibility index (Phi) is 5.59. The Morgan fingerprint density at radius 1 is 1.35 bits per heavy atom. The molecule has 0 spiro atoms. The van der Waals surface area contributed by atoms with Gasteiger partial charge in [-0.25, -0.2) is 9.97 Å². The largest absolute Gasteiger partial charge is 0.374 e. The van der Waals surface area contributed by atoms with Crippen molar-refractivity contribution in [2.24, 2.45) is 0 Å². The summed E-state index contributed by atoms with van der Waals surface area (Å²) in [5, 5.41) is 9.14. The first-order chi connectivity index (χ1) is 11.3. The van der Waals surface area contributed by atoms with Gasteiger partial charge in [-0.3, -0.25) is 0 Å². The molecule has 124 valence electrons. The van der Waals surface area contributed by atoms with Gasteiger partial charge in [-0.2, -0.15) is 0 Å². The van der Waals surface area contributed by atoms with Crippen LogP contribution in [0.3, 0.4) is 0 Å². The Morgan fingerprint density at radius 3 is 3.00 bits per heavy atom. The maximum Gasteiger partial charge on any atom is 0.156 e. The molecule has 3 rings (SSSR count). The molecule has 6 heteroatoms. The Bertz CT molecular complexity index is 630. The fourth-order valence-corrected chi connectivity index (χ4v) is 3.52. The van der Waals surface area contributed by atoms with Crippen molar-refractivity contribution in [3.63, 3.8) is 0 Å². The van der Waals surface area contributed by atoms with Gasteiger partial charge in [0, 0.05) is 30.0 Å². The molecule has 0 saturated carbocycles. The van der Waals surface area contributed by atoms with Gasteiger partial charge in [-0.1, -0.05) is 6.07 Å². The second-order valence-electron chi connectivity index (χ2n) is 5.68. The van der Waals surface area contributed by atoms with Crippen molar-refractivity contribution in [1.82, 2.24) is 15.3 Å². The summed E-state index contributed by atoms with van der Waals surface area (Å²) >= 11 is 1.77. The molecule has 0 radical (unpaired) electrons. The first-order valence-corrected chi connectivity index (χ1v) is 9.13. The zero-order valence-electron chi connectivity index (χ0n) is 13.8. The molecule has 2 aromatic heterocycles. The number of fused-ring (bicyclic) bond motifs is 1. The van der Waals surface area contributed by atoms with Crippen LogP contribution in [0, 0.1) is 0 Å². The summed E-state index contributed by atoms with van der Waals surface area (Å²) < 4.78 is 5.51. The molecular formula is C17H24N4OS. The molecular weight excluding hydrogens is 308 g/mol. The zero-order valence-corrected chi connectivity index (χ0v) is 14.6. The quantitative estimate of drug-likeness (QED) is 0.852. The fraction of sp³-hybridized carbons (Fsp3) is 0.529. The predicted molar refractivity (Wildman–Crippen MR) is 94.0 cm³/mol. The molecule has 5 nitrogen and oxygen atoms in total. The third kappa shape index (κ3) is 4.07. The van der Waals surface area contributed by atoms with E-state index in [2.05, 4.69) is 35.1 Å². The summed E-state index contributed by atoms with van der Waals surface area (Å²) in [6, 6.07) is 4.48. The topological polar surface area (TPSA) is 59.1 Å². The molecule has 1 unspecified atom stereocenters. The van der Waals surface area contributed by atoms with E-state index in [0.717, 1.165) is 43.3 Å². The summed E-state index contributed by atoms with van der Waals surface area (Å²) in [6.45, 7) is 7.26. The Hall–Kier alpha value is -1.50. The summed E-state index contributed by atoms with van der Waals surface area (Å²) in [4.78, 5) is 10.8. The highest BCUT2D eigenvalue weighted by Gasteiger charge is 2.18. The molecule has 0 aliphatic carbocycles. The van der Waals surface area contributed by atoms with Crippen LogP contribution in [-0.2, 0) is 24.2 Å². The van der Waals surface area contributed by atoms with Crippen molar-refractivity contribution in [3.05, 3.63) is 39.5 Å². The first-order valence-electron chi connectivity index (χ1n) is 8.25. The average molecular weight is 332 g/mol. The predicted octanol–water partition coefficient (Wildman–Crippen LogP) is 2.94. The van der Waals surface area contributed by atoms with Gasteiger partial charge in [-0.15, -0.1) is 11.3 Å². The molecule has 0 saturated heterocycles. The standard InChI is InChI=1S/C17H24N4OS/c1-3-22-11-16-20-14-7-9-18-8-6-13(14)17(21-16)19-12(2)15-5-4-10-23-15/h4-5,10,12,18H,3,6-9,11H2,1-2H3,(H,19,20,21). The number of nitrogens with zero attached hydrogens (tertiary/aromatic N) is 2. The molecule has 0 bridgehead atoms. The van der Waals surface area contributed by atoms with Gasteiger partial charge in [0.25, 0.3) is 0 Å². The molecule has 0 fully saturated rings. The lowest BCUT2D eigenvalue weighted by Crippen LogP contribution is -2.16. The number of anilines is 1. The van der Waals surface area contributed by atoms with Crippen molar-refractivity contribution in [3.8, 4) is 0 Å². The van der Waals surface area contributed by atoms with E-state index in [1.54, 1.807) is 11.3 Å². The van der Waals surface area contributed by atoms with Crippen molar-refractivity contribution < 1.29 is 4.74 Å². The molecule has 0 aromatic carbocycles. The van der Waals surface area contributed by atoms with Gasteiger partial charge in [-0.05, 0) is 38.3 Å². The van der Waals surface area contributed by atoms with Gasteiger partial charge >= 0.3 is 0 Å². The number of ether oxygens (including phenoxy) is 1. The zero-order chi connectivity index (χ0) is 16.1. The van der Waals surface area contributed by atoms with E-state index >= 15 is 0 Å². The molecule has 2 aromatic rings. The third-order valence-corrected chi connectivity index (χ3v) is 5.04. The van der Waals surface area contributed by atoms with Gasteiger partial charge in [0.2, 0.25) is 0 Å². The van der Waals surface area contributed by atoms with E-state index in [-0.39, 0.29) is 6.04 Å². The second-order valence-corrected chi connectivity index (χ2v) is 6.66. The lowest BCUT2D eigenvalue weighted by Gasteiger charge is -2.18. The summed E-state index contributed by atoms with van der Waals surface area (Å²) in [5.41, 5.74) is 2.40. The number of hydrogen-bond donors (Lipinski definition) is 2. The van der Waals surface area contributed by atoms with Crippen LogP contribution in [-0.4, -0.2) is 29.7 Å². The Morgan fingerprint density at radius 2 is 2.22 bits per heavy atom. The number of nitrogens with one attached hydrogen (secondary N) is 2. The lowest BCUT2D eigenvalue weighted by molar-refractivity contribution is 0.128.